The Bertz CT molecular complexity index is 1010. The Kier molecular flexibility index (Phi) is 6.60. The maximum Gasteiger partial charge on any atom is 0.343 e. The molecule has 3 aromatic carbocycles. The maximum atomic E-state index is 12.6. The van der Waals surface area contributed by atoms with Crippen LogP contribution in [-0.2, 0) is 0 Å². The van der Waals surface area contributed by atoms with Crippen LogP contribution >= 0.6 is 23.4 Å². The molecule has 144 valence electrons. The van der Waals surface area contributed by atoms with Crippen molar-refractivity contribution in [3.8, 4) is 5.75 Å². The molecule has 0 radical (unpaired) electrons. The van der Waals surface area contributed by atoms with E-state index in [1.807, 2.05) is 44.2 Å². The first-order chi connectivity index (χ1) is 13.5. The molecule has 0 bridgehead atoms. The molecule has 0 N–H and O–H groups in total. The molecule has 0 saturated heterocycles. The van der Waals surface area contributed by atoms with E-state index < -0.39 is 5.97 Å². The van der Waals surface area contributed by atoms with Gasteiger partial charge in [0.25, 0.3) is 5.24 Å². The van der Waals surface area contributed by atoms with Gasteiger partial charge in [-0.3, -0.25) is 4.79 Å². The molecule has 0 aliphatic carbocycles. The largest absolute Gasteiger partial charge is 0.422 e. The van der Waals surface area contributed by atoms with Crippen molar-refractivity contribution in [2.45, 2.75) is 18.7 Å². The Morgan fingerprint density at radius 3 is 2.36 bits per heavy atom. The van der Waals surface area contributed by atoms with Crippen LogP contribution in [0.25, 0.3) is 10.8 Å². The minimum Gasteiger partial charge on any atom is -0.422 e. The van der Waals surface area contributed by atoms with Gasteiger partial charge in [0.15, 0.2) is 0 Å². The third kappa shape index (κ3) is 4.49. The van der Waals surface area contributed by atoms with E-state index in [1.54, 1.807) is 35.2 Å². The standard InChI is InChI=1S/C22H20ClNO3S/c1-3-24(4-2)22(26)28-19-13-7-9-15-8-6-12-18(20(15)19)27-21(25)16-10-5-11-17(23)14-16/h5-14H,3-4H2,1-2H3. The Labute approximate surface area is 173 Å². The molecule has 0 aliphatic rings. The van der Waals surface area contributed by atoms with E-state index in [-0.39, 0.29) is 5.24 Å². The summed E-state index contributed by atoms with van der Waals surface area (Å²) in [7, 11) is 0. The van der Waals surface area contributed by atoms with Crippen molar-refractivity contribution >= 4 is 45.3 Å². The monoisotopic (exact) mass is 413 g/mol. The van der Waals surface area contributed by atoms with Crippen LogP contribution in [0.1, 0.15) is 24.2 Å². The van der Waals surface area contributed by atoms with Crippen molar-refractivity contribution in [1.29, 1.82) is 0 Å². The number of amides is 1. The minimum absolute atomic E-state index is 0.0338. The summed E-state index contributed by atoms with van der Waals surface area (Å²) in [6.45, 7) is 5.18. The van der Waals surface area contributed by atoms with Crippen molar-refractivity contribution in [2.75, 3.05) is 13.1 Å². The number of esters is 1. The zero-order valence-electron chi connectivity index (χ0n) is 15.6. The third-order valence-electron chi connectivity index (χ3n) is 4.31. The van der Waals surface area contributed by atoms with Gasteiger partial charge in [-0.15, -0.1) is 0 Å². The highest BCUT2D eigenvalue weighted by molar-refractivity contribution is 8.13. The molecule has 0 fully saturated rings. The van der Waals surface area contributed by atoms with Gasteiger partial charge in [0, 0.05) is 28.4 Å². The van der Waals surface area contributed by atoms with Gasteiger partial charge in [0.05, 0.1) is 5.56 Å². The molecule has 0 aromatic heterocycles. The second kappa shape index (κ2) is 9.13. The van der Waals surface area contributed by atoms with Gasteiger partial charge in [-0.2, -0.15) is 0 Å². The predicted octanol–water partition coefficient (Wildman–Crippen LogP) is 6.27. The van der Waals surface area contributed by atoms with Gasteiger partial charge in [0.2, 0.25) is 0 Å². The van der Waals surface area contributed by atoms with Crippen molar-refractivity contribution in [3.05, 3.63) is 71.2 Å². The van der Waals surface area contributed by atoms with Gasteiger partial charge < -0.3 is 9.64 Å². The lowest BCUT2D eigenvalue weighted by Crippen LogP contribution is -2.26. The number of carbonyl (C=O) groups excluding carboxylic acids is 2. The molecule has 0 saturated carbocycles. The van der Waals surface area contributed by atoms with Crippen molar-refractivity contribution < 1.29 is 14.3 Å². The lowest BCUT2D eigenvalue weighted by molar-refractivity contribution is 0.0737. The van der Waals surface area contributed by atoms with Gasteiger partial charge in [-0.25, -0.2) is 4.79 Å². The molecule has 28 heavy (non-hydrogen) atoms. The first-order valence-electron chi connectivity index (χ1n) is 8.99. The van der Waals surface area contributed by atoms with Gasteiger partial charge in [-0.05, 0) is 61.3 Å². The molecule has 0 heterocycles. The lowest BCUT2D eigenvalue weighted by Gasteiger charge is -2.18. The normalized spacial score (nSPS) is 10.7. The molecule has 3 rings (SSSR count). The summed E-state index contributed by atoms with van der Waals surface area (Å²) in [5, 5.41) is 2.07. The van der Waals surface area contributed by atoms with Crippen LogP contribution in [0.3, 0.4) is 0 Å². The van der Waals surface area contributed by atoms with E-state index in [0.29, 0.717) is 29.4 Å². The van der Waals surface area contributed by atoms with Gasteiger partial charge in [0.1, 0.15) is 5.75 Å². The van der Waals surface area contributed by atoms with E-state index in [1.165, 1.54) is 0 Å². The first-order valence-corrected chi connectivity index (χ1v) is 10.2. The number of hydrogen-bond acceptors (Lipinski definition) is 4. The highest BCUT2D eigenvalue weighted by atomic mass is 35.5. The number of nitrogens with zero attached hydrogens (tertiary/aromatic N) is 1. The molecule has 0 spiro atoms. The van der Waals surface area contributed by atoms with E-state index in [0.717, 1.165) is 27.4 Å². The average molecular weight is 414 g/mol. The predicted molar refractivity (Wildman–Crippen MR) is 115 cm³/mol. The van der Waals surface area contributed by atoms with Gasteiger partial charge in [-0.1, -0.05) is 41.9 Å². The molecule has 6 heteroatoms. The Morgan fingerprint density at radius 2 is 1.68 bits per heavy atom. The van der Waals surface area contributed by atoms with Crippen LogP contribution in [-0.4, -0.2) is 29.2 Å². The Hall–Kier alpha value is -2.50. The molecule has 1 amide bonds. The SMILES string of the molecule is CCN(CC)C(=O)Sc1cccc2cccc(OC(=O)c3cccc(Cl)c3)c12. The van der Waals surface area contributed by atoms with Crippen LogP contribution in [0, 0.1) is 0 Å². The molecule has 0 unspecified atom stereocenters. The lowest BCUT2D eigenvalue weighted by atomic mass is 10.1. The smallest absolute Gasteiger partial charge is 0.343 e. The molecule has 0 atom stereocenters. The number of fused-ring (bicyclic) bond motifs is 1. The Balaban J connectivity index is 1.97. The summed E-state index contributed by atoms with van der Waals surface area (Å²) < 4.78 is 5.67. The Morgan fingerprint density at radius 1 is 1.00 bits per heavy atom. The van der Waals surface area contributed by atoms with Crippen LogP contribution in [0.2, 0.25) is 5.02 Å². The first kappa shape index (κ1) is 20.2. The van der Waals surface area contributed by atoms with Crippen molar-refractivity contribution in [1.82, 2.24) is 4.90 Å². The highest BCUT2D eigenvalue weighted by Crippen LogP contribution is 2.36. The average Bonchev–Trinajstić information content (AvgIpc) is 2.69. The fraction of sp³-hybridized carbons (Fsp3) is 0.182. The molecule has 0 aliphatic heterocycles. The van der Waals surface area contributed by atoms with Crippen molar-refractivity contribution in [2.24, 2.45) is 0 Å². The van der Waals surface area contributed by atoms with Crippen molar-refractivity contribution in [3.63, 3.8) is 0 Å². The second-order valence-electron chi connectivity index (χ2n) is 6.05. The van der Waals surface area contributed by atoms with E-state index in [9.17, 15) is 9.59 Å². The number of thioether (sulfide) groups is 1. The number of ether oxygens (including phenoxy) is 1. The topological polar surface area (TPSA) is 46.6 Å². The summed E-state index contributed by atoms with van der Waals surface area (Å²) in [6.07, 6.45) is 0. The number of benzene rings is 3. The molecular weight excluding hydrogens is 394 g/mol. The summed E-state index contributed by atoms with van der Waals surface area (Å²) in [5.41, 5.74) is 0.369. The van der Waals surface area contributed by atoms with Gasteiger partial charge >= 0.3 is 5.97 Å². The number of halogens is 1. The summed E-state index contributed by atoms with van der Waals surface area (Å²) >= 11 is 7.12. The zero-order chi connectivity index (χ0) is 20.1. The molecular formula is C22H20ClNO3S. The zero-order valence-corrected chi connectivity index (χ0v) is 17.2. The highest BCUT2D eigenvalue weighted by Gasteiger charge is 2.17. The summed E-state index contributed by atoms with van der Waals surface area (Å²) in [4.78, 5) is 27.7. The van der Waals surface area contributed by atoms with Crippen LogP contribution in [0.4, 0.5) is 4.79 Å². The fourth-order valence-electron chi connectivity index (χ4n) is 2.86. The van der Waals surface area contributed by atoms with Crippen LogP contribution < -0.4 is 4.74 Å². The molecule has 4 nitrogen and oxygen atoms in total. The second-order valence-corrected chi connectivity index (χ2v) is 7.48. The maximum absolute atomic E-state index is 12.6. The third-order valence-corrected chi connectivity index (χ3v) is 5.54. The quantitative estimate of drug-likeness (QED) is 0.281. The molecule has 3 aromatic rings. The fourth-order valence-corrected chi connectivity index (χ4v) is 4.09. The van der Waals surface area contributed by atoms with E-state index in [4.69, 9.17) is 16.3 Å². The minimum atomic E-state index is -0.495. The summed E-state index contributed by atoms with van der Waals surface area (Å²) in [6, 6.07) is 17.8. The van der Waals surface area contributed by atoms with E-state index >= 15 is 0 Å². The number of rotatable bonds is 5. The number of hydrogen-bond donors (Lipinski definition) is 0. The van der Waals surface area contributed by atoms with Crippen LogP contribution in [0.15, 0.2) is 65.6 Å². The van der Waals surface area contributed by atoms with Crippen LogP contribution in [0.5, 0.6) is 5.75 Å². The summed E-state index contributed by atoms with van der Waals surface area (Å²) in [5.74, 6) is -0.0807. The van der Waals surface area contributed by atoms with E-state index in [2.05, 4.69) is 0 Å². The number of carbonyl (C=O) groups is 2.